The highest BCUT2D eigenvalue weighted by Gasteiger charge is 2.32. The van der Waals surface area contributed by atoms with Crippen LogP contribution < -0.4 is 14.2 Å². The van der Waals surface area contributed by atoms with Crippen LogP contribution in [0, 0.1) is 11.6 Å². The van der Waals surface area contributed by atoms with E-state index in [0.717, 1.165) is 26.4 Å². The molecule has 0 saturated carbocycles. The molecule has 1 rings (SSSR count). The third-order valence-corrected chi connectivity index (χ3v) is 3.87. The van der Waals surface area contributed by atoms with Gasteiger partial charge >= 0.3 is 5.97 Å². The van der Waals surface area contributed by atoms with Gasteiger partial charge in [0.15, 0.2) is 11.6 Å². The highest BCUT2D eigenvalue weighted by Crippen LogP contribution is 2.44. The van der Waals surface area contributed by atoms with Crippen LogP contribution in [0.4, 0.5) is 8.78 Å². The molecule has 0 bridgehead atoms. The van der Waals surface area contributed by atoms with Crippen LogP contribution in [-0.4, -0.2) is 32.9 Å². The van der Waals surface area contributed by atoms with Gasteiger partial charge in [-0.3, -0.25) is 0 Å². The molecule has 5 nitrogen and oxygen atoms in total. The Kier molecular flexibility index (Phi) is 10.5. The molecule has 0 unspecified atom stereocenters. The van der Waals surface area contributed by atoms with Crippen molar-refractivity contribution in [1.29, 1.82) is 0 Å². The standard InChI is InChI=1S/C20H30F2O5/c1-5-8-11-25-17-15(21)14(20(23)24-4)16(22)18(26-12-9-6-2)19(17)27-13-10-7-3/h5-13H2,1-4H3. The van der Waals surface area contributed by atoms with Crippen LogP contribution in [0.2, 0.25) is 0 Å². The molecule has 0 radical (unpaired) electrons. The molecule has 0 fully saturated rings. The Hall–Kier alpha value is -2.05. The lowest BCUT2D eigenvalue weighted by Gasteiger charge is -2.20. The molecule has 0 aliphatic rings. The number of benzene rings is 1. The van der Waals surface area contributed by atoms with E-state index in [9.17, 15) is 13.6 Å². The lowest BCUT2D eigenvalue weighted by molar-refractivity contribution is 0.0586. The quantitative estimate of drug-likeness (QED) is 0.340. The lowest BCUT2D eigenvalue weighted by Crippen LogP contribution is -2.15. The van der Waals surface area contributed by atoms with Gasteiger partial charge in [-0.05, 0) is 19.3 Å². The Bertz CT molecular complexity index is 568. The second-order valence-electron chi connectivity index (χ2n) is 6.09. The van der Waals surface area contributed by atoms with E-state index in [0.29, 0.717) is 19.3 Å². The molecular weight excluding hydrogens is 358 g/mol. The summed E-state index contributed by atoms with van der Waals surface area (Å²) in [7, 11) is 1.06. The van der Waals surface area contributed by atoms with Crippen molar-refractivity contribution < 1.29 is 32.5 Å². The maximum absolute atomic E-state index is 14.9. The first kappa shape index (κ1) is 23.0. The Labute approximate surface area is 159 Å². The minimum atomic E-state index is -1.13. The van der Waals surface area contributed by atoms with E-state index in [1.807, 2.05) is 20.8 Å². The van der Waals surface area contributed by atoms with Crippen molar-refractivity contribution in [3.63, 3.8) is 0 Å². The highest BCUT2D eigenvalue weighted by atomic mass is 19.1. The number of carbonyl (C=O) groups excluding carboxylic acids is 1. The Morgan fingerprint density at radius 1 is 0.741 bits per heavy atom. The van der Waals surface area contributed by atoms with Gasteiger partial charge in [0.25, 0.3) is 0 Å². The van der Waals surface area contributed by atoms with Gasteiger partial charge in [-0.1, -0.05) is 40.0 Å². The Balaban J connectivity index is 3.45. The van der Waals surface area contributed by atoms with Crippen LogP contribution >= 0.6 is 0 Å². The molecule has 1 aromatic rings. The number of carbonyl (C=O) groups is 1. The fraction of sp³-hybridized carbons (Fsp3) is 0.650. The summed E-state index contributed by atoms with van der Waals surface area (Å²) >= 11 is 0. The van der Waals surface area contributed by atoms with Crippen molar-refractivity contribution in [3.05, 3.63) is 17.2 Å². The van der Waals surface area contributed by atoms with Crippen LogP contribution in [-0.2, 0) is 4.74 Å². The van der Waals surface area contributed by atoms with Gasteiger partial charge in [0, 0.05) is 0 Å². The van der Waals surface area contributed by atoms with E-state index in [1.165, 1.54) is 0 Å². The van der Waals surface area contributed by atoms with Gasteiger partial charge in [0.2, 0.25) is 17.2 Å². The number of unbranched alkanes of at least 4 members (excludes halogenated alkanes) is 3. The van der Waals surface area contributed by atoms with Crippen LogP contribution in [0.5, 0.6) is 17.2 Å². The van der Waals surface area contributed by atoms with E-state index in [4.69, 9.17) is 14.2 Å². The largest absolute Gasteiger partial charge is 0.487 e. The second kappa shape index (κ2) is 12.4. The Morgan fingerprint density at radius 3 is 1.44 bits per heavy atom. The minimum absolute atomic E-state index is 0.140. The number of hydrogen-bond donors (Lipinski definition) is 0. The van der Waals surface area contributed by atoms with E-state index in [-0.39, 0.29) is 37.1 Å². The summed E-state index contributed by atoms with van der Waals surface area (Å²) in [6.45, 7) is 6.56. The third kappa shape index (κ3) is 6.26. The fourth-order valence-corrected chi connectivity index (χ4v) is 2.25. The number of hydrogen-bond acceptors (Lipinski definition) is 5. The zero-order valence-electron chi connectivity index (χ0n) is 16.7. The molecule has 0 saturated heterocycles. The monoisotopic (exact) mass is 388 g/mol. The van der Waals surface area contributed by atoms with Gasteiger partial charge < -0.3 is 18.9 Å². The summed E-state index contributed by atoms with van der Waals surface area (Å²) in [6, 6.07) is 0. The van der Waals surface area contributed by atoms with Crippen LogP contribution in [0.3, 0.4) is 0 Å². The van der Waals surface area contributed by atoms with Gasteiger partial charge in [0.1, 0.15) is 5.56 Å². The molecule has 1 aromatic carbocycles. The summed E-state index contributed by atoms with van der Waals surface area (Å²) in [5.74, 6) is -4.17. The van der Waals surface area contributed by atoms with E-state index >= 15 is 0 Å². The van der Waals surface area contributed by atoms with Gasteiger partial charge in [-0.15, -0.1) is 0 Å². The normalized spacial score (nSPS) is 10.6. The van der Waals surface area contributed by atoms with Gasteiger partial charge in [-0.2, -0.15) is 0 Å². The molecule has 0 aromatic heterocycles. The summed E-state index contributed by atoms with van der Waals surface area (Å²) < 4.78 is 51.1. The van der Waals surface area contributed by atoms with Crippen molar-refractivity contribution in [1.82, 2.24) is 0 Å². The number of rotatable bonds is 13. The molecule has 27 heavy (non-hydrogen) atoms. The number of methoxy groups -OCH3 is 1. The number of ether oxygens (including phenoxy) is 4. The molecular formula is C20H30F2O5. The second-order valence-corrected chi connectivity index (χ2v) is 6.09. The predicted octanol–water partition coefficient (Wildman–Crippen LogP) is 5.29. The molecule has 7 heteroatoms. The van der Waals surface area contributed by atoms with Crippen molar-refractivity contribution in [2.24, 2.45) is 0 Å². The van der Waals surface area contributed by atoms with Crippen molar-refractivity contribution in [2.75, 3.05) is 26.9 Å². The van der Waals surface area contributed by atoms with Crippen molar-refractivity contribution in [3.8, 4) is 17.2 Å². The molecule has 0 aliphatic heterocycles. The Morgan fingerprint density at radius 2 is 1.11 bits per heavy atom. The first-order valence-electron chi connectivity index (χ1n) is 9.54. The zero-order valence-corrected chi connectivity index (χ0v) is 16.7. The molecule has 0 N–H and O–H groups in total. The maximum Gasteiger partial charge on any atom is 0.344 e. The smallest absolute Gasteiger partial charge is 0.344 e. The molecule has 0 heterocycles. The van der Waals surface area contributed by atoms with Gasteiger partial charge in [-0.25, -0.2) is 13.6 Å². The first-order chi connectivity index (χ1) is 13.0. The first-order valence-corrected chi connectivity index (χ1v) is 9.54. The average molecular weight is 388 g/mol. The third-order valence-electron chi connectivity index (χ3n) is 3.87. The number of esters is 1. The van der Waals surface area contributed by atoms with Crippen LogP contribution in [0.15, 0.2) is 0 Å². The van der Waals surface area contributed by atoms with Crippen LogP contribution in [0.1, 0.15) is 69.7 Å². The average Bonchev–Trinajstić information content (AvgIpc) is 2.66. The number of halogens is 2. The summed E-state index contributed by atoms with van der Waals surface area (Å²) in [5, 5.41) is 0. The molecule has 154 valence electrons. The molecule has 0 spiro atoms. The minimum Gasteiger partial charge on any atom is -0.487 e. The van der Waals surface area contributed by atoms with Gasteiger partial charge in [0.05, 0.1) is 26.9 Å². The lowest BCUT2D eigenvalue weighted by atomic mass is 10.1. The summed E-state index contributed by atoms with van der Waals surface area (Å²) in [4.78, 5) is 11.9. The molecule has 0 atom stereocenters. The molecule has 0 amide bonds. The van der Waals surface area contributed by atoms with E-state index < -0.39 is 23.2 Å². The zero-order chi connectivity index (χ0) is 20.2. The SMILES string of the molecule is CCCCOc1c(F)c(C(=O)OC)c(F)c(OCCCC)c1OCCCC. The van der Waals surface area contributed by atoms with Crippen LogP contribution in [0.25, 0.3) is 0 Å². The van der Waals surface area contributed by atoms with Crippen molar-refractivity contribution in [2.45, 2.75) is 59.3 Å². The maximum atomic E-state index is 14.9. The predicted molar refractivity (Wildman–Crippen MR) is 98.9 cm³/mol. The van der Waals surface area contributed by atoms with E-state index in [2.05, 4.69) is 4.74 Å². The van der Waals surface area contributed by atoms with E-state index in [1.54, 1.807) is 0 Å². The summed E-state index contributed by atoms with van der Waals surface area (Å²) in [5.41, 5.74) is -0.835. The summed E-state index contributed by atoms with van der Waals surface area (Å²) in [6.07, 6.45) is 4.56. The topological polar surface area (TPSA) is 54.0 Å². The highest BCUT2D eigenvalue weighted by molar-refractivity contribution is 5.92. The fourth-order valence-electron chi connectivity index (χ4n) is 2.25. The van der Waals surface area contributed by atoms with Crippen molar-refractivity contribution >= 4 is 5.97 Å². The molecule has 0 aliphatic carbocycles.